The van der Waals surface area contributed by atoms with Crippen molar-refractivity contribution in [2.75, 3.05) is 47.5 Å². The number of nitrogens with zero attached hydrogens (tertiary/aromatic N) is 1. The van der Waals surface area contributed by atoms with Gasteiger partial charge in [0, 0.05) is 12.8 Å². The van der Waals surface area contributed by atoms with Gasteiger partial charge in [-0.2, -0.15) is 0 Å². The third-order valence-electron chi connectivity index (χ3n) is 9.83. The summed E-state index contributed by atoms with van der Waals surface area (Å²) in [6, 6.07) is 0. The number of hydrogen-bond acceptors (Lipinski definition) is 8. The maximum absolute atomic E-state index is 12.7. The first-order valence-electron chi connectivity index (χ1n) is 23.3. The summed E-state index contributed by atoms with van der Waals surface area (Å²) in [5.74, 6) is -0.867. The van der Waals surface area contributed by atoms with Crippen LogP contribution in [-0.2, 0) is 32.7 Å². The normalized spacial score (nSPS) is 14.0. The third kappa shape index (κ3) is 43.5. The first-order valence-corrected chi connectivity index (χ1v) is 24.8. The molecule has 2 atom stereocenters. The molecule has 0 radical (unpaired) electrons. The van der Waals surface area contributed by atoms with Crippen LogP contribution >= 0.6 is 7.82 Å². The highest BCUT2D eigenvalue weighted by Crippen LogP contribution is 2.38. The maximum Gasteiger partial charge on any atom is 0.306 e. The second-order valence-corrected chi connectivity index (χ2v) is 18.2. The average molecular weight is 838 g/mol. The van der Waals surface area contributed by atoms with Crippen LogP contribution < -0.4 is 4.89 Å². The van der Waals surface area contributed by atoms with Crippen LogP contribution in [0.25, 0.3) is 0 Å². The summed E-state index contributed by atoms with van der Waals surface area (Å²) in [5.41, 5.74) is 0. The number of ether oxygens (including phenoxy) is 2. The molecule has 0 saturated carbocycles. The third-order valence-corrected chi connectivity index (χ3v) is 10.8. The quantitative estimate of drug-likeness (QED) is 0.0196. The van der Waals surface area contributed by atoms with Crippen molar-refractivity contribution in [2.24, 2.45) is 0 Å². The van der Waals surface area contributed by atoms with Crippen molar-refractivity contribution >= 4 is 19.8 Å². The van der Waals surface area contributed by atoms with E-state index in [0.717, 1.165) is 64.2 Å². The molecular weight excluding hydrogens is 750 g/mol. The van der Waals surface area contributed by atoms with E-state index >= 15 is 0 Å². The molecule has 0 aromatic rings. The molecule has 0 aromatic heterocycles. The zero-order valence-electron chi connectivity index (χ0n) is 38.0. The number of carbonyl (C=O) groups excluding carboxylic acids is 2. The van der Waals surface area contributed by atoms with Crippen molar-refractivity contribution in [1.29, 1.82) is 0 Å². The summed E-state index contributed by atoms with van der Waals surface area (Å²) in [6.45, 7) is 4.13. The second-order valence-electron chi connectivity index (χ2n) is 16.8. The maximum atomic E-state index is 12.7. The summed E-state index contributed by atoms with van der Waals surface area (Å²) in [7, 11) is 1.14. The van der Waals surface area contributed by atoms with Gasteiger partial charge in [0.1, 0.15) is 19.8 Å². The Balaban J connectivity index is 4.37. The molecule has 0 spiro atoms. The Hall–Kier alpha value is -2.03. The number of carbonyl (C=O) groups is 2. The van der Waals surface area contributed by atoms with Crippen molar-refractivity contribution in [3.63, 3.8) is 0 Å². The molecule has 0 amide bonds. The highest BCUT2D eigenvalue weighted by Gasteiger charge is 2.21. The molecule has 0 fully saturated rings. The van der Waals surface area contributed by atoms with Gasteiger partial charge in [0.25, 0.3) is 7.82 Å². The number of rotatable bonds is 42. The lowest BCUT2D eigenvalue weighted by Gasteiger charge is -2.28. The summed E-state index contributed by atoms with van der Waals surface area (Å²) in [6.07, 6.45) is 47.1. The molecule has 0 aliphatic carbocycles. The van der Waals surface area contributed by atoms with E-state index < -0.39 is 32.5 Å². The van der Waals surface area contributed by atoms with E-state index in [9.17, 15) is 19.0 Å². The molecular formula is C48H88NO8P. The van der Waals surface area contributed by atoms with Gasteiger partial charge in [-0.15, -0.1) is 0 Å². The molecule has 9 nitrogen and oxygen atoms in total. The van der Waals surface area contributed by atoms with Gasteiger partial charge in [0.15, 0.2) is 6.10 Å². The zero-order chi connectivity index (χ0) is 42.8. The first-order chi connectivity index (χ1) is 28.0. The van der Waals surface area contributed by atoms with Crippen molar-refractivity contribution in [3.8, 4) is 0 Å². The second kappa shape index (κ2) is 40.4. The number of hydrogen-bond donors (Lipinski definition) is 0. The molecule has 0 N–H and O–H groups in total. The van der Waals surface area contributed by atoms with E-state index in [2.05, 4.69) is 62.5 Å². The van der Waals surface area contributed by atoms with Gasteiger partial charge in [0.2, 0.25) is 0 Å². The van der Waals surface area contributed by atoms with E-state index in [0.29, 0.717) is 17.4 Å². The Labute approximate surface area is 356 Å². The van der Waals surface area contributed by atoms with E-state index in [4.69, 9.17) is 18.5 Å². The number of phosphoric ester groups is 1. The predicted octanol–water partition coefficient (Wildman–Crippen LogP) is 12.8. The number of unbranched alkanes of at least 4 members (excludes halogenated alkanes) is 20. The fourth-order valence-electron chi connectivity index (χ4n) is 6.18. The summed E-state index contributed by atoms with van der Waals surface area (Å²) >= 11 is 0. The molecule has 0 aliphatic heterocycles. The van der Waals surface area contributed by atoms with Crippen LogP contribution in [0.5, 0.6) is 0 Å². The Bertz CT molecular complexity index is 1130. The Morgan fingerprint density at radius 2 is 0.966 bits per heavy atom. The number of esters is 2. The lowest BCUT2D eigenvalue weighted by molar-refractivity contribution is -0.870. The van der Waals surface area contributed by atoms with Crippen LogP contribution in [0, 0.1) is 0 Å². The van der Waals surface area contributed by atoms with Crippen LogP contribution in [0.2, 0.25) is 0 Å². The number of allylic oxidation sites excluding steroid dienone is 8. The lowest BCUT2D eigenvalue weighted by Crippen LogP contribution is -2.37. The molecule has 0 aromatic carbocycles. The molecule has 0 rings (SSSR count). The fourth-order valence-corrected chi connectivity index (χ4v) is 6.90. The molecule has 0 saturated heterocycles. The smallest absolute Gasteiger partial charge is 0.306 e. The zero-order valence-corrected chi connectivity index (χ0v) is 38.9. The first kappa shape index (κ1) is 56.0. The van der Waals surface area contributed by atoms with Crippen LogP contribution in [0.1, 0.15) is 194 Å². The molecule has 1 unspecified atom stereocenters. The van der Waals surface area contributed by atoms with Gasteiger partial charge < -0.3 is 27.9 Å². The van der Waals surface area contributed by atoms with E-state index in [1.54, 1.807) is 0 Å². The Morgan fingerprint density at radius 1 is 0.534 bits per heavy atom. The minimum atomic E-state index is -4.63. The Kier molecular flexibility index (Phi) is 39.0. The van der Waals surface area contributed by atoms with Gasteiger partial charge in [-0.05, 0) is 51.4 Å². The largest absolute Gasteiger partial charge is 0.756 e. The van der Waals surface area contributed by atoms with E-state index in [1.165, 1.54) is 96.3 Å². The highest BCUT2D eigenvalue weighted by atomic mass is 31.2. The van der Waals surface area contributed by atoms with Crippen LogP contribution in [0.4, 0.5) is 0 Å². The monoisotopic (exact) mass is 838 g/mol. The van der Waals surface area contributed by atoms with Gasteiger partial charge in [-0.3, -0.25) is 14.2 Å². The molecule has 58 heavy (non-hydrogen) atoms. The van der Waals surface area contributed by atoms with Gasteiger partial charge in [-0.25, -0.2) is 0 Å². The number of quaternary nitrogens is 1. The van der Waals surface area contributed by atoms with Crippen molar-refractivity contribution in [1.82, 2.24) is 0 Å². The molecule has 0 heterocycles. The van der Waals surface area contributed by atoms with Crippen LogP contribution in [0.3, 0.4) is 0 Å². The minimum Gasteiger partial charge on any atom is -0.756 e. The summed E-state index contributed by atoms with van der Waals surface area (Å²) in [4.78, 5) is 37.6. The van der Waals surface area contributed by atoms with Crippen molar-refractivity contribution < 1.29 is 42.1 Å². The minimum absolute atomic E-state index is 0.0377. The van der Waals surface area contributed by atoms with Crippen molar-refractivity contribution in [3.05, 3.63) is 48.6 Å². The highest BCUT2D eigenvalue weighted by molar-refractivity contribution is 7.45. The predicted molar refractivity (Wildman–Crippen MR) is 240 cm³/mol. The van der Waals surface area contributed by atoms with Crippen LogP contribution in [0.15, 0.2) is 48.6 Å². The standard InChI is InChI=1S/C48H88NO8P/c1-6-8-10-12-14-16-18-20-22-24-26-28-30-32-34-36-38-40-47(50)54-44-46(45-56-58(52,53)55-43-42-49(3,4)5)57-48(51)41-39-37-35-33-31-29-27-25-23-21-19-17-15-13-11-9-7-2/h11,13,17,19,23,25,29,31,46H,6-10,12,14-16,18,20-22,24,26-28,30,32-45H2,1-5H3/b13-11+,19-17+,25-23+,31-29+/t46-/m1/s1. The lowest BCUT2D eigenvalue weighted by atomic mass is 10.0. The number of phosphoric acid groups is 1. The SMILES string of the molecule is CCC/C=C/C/C=C/C/C=C/C/C=C/CCCCCC(=O)O[C@H](COC(=O)CCCCCCCCCCCCCCCCCCC)COP(=O)([O-])OCC[N+](C)(C)C. The number of likely N-dealkylation sites (N-methyl/N-ethyl adjacent to an activating group) is 1. The topological polar surface area (TPSA) is 111 Å². The van der Waals surface area contributed by atoms with E-state index in [1.807, 2.05) is 21.1 Å². The van der Waals surface area contributed by atoms with Gasteiger partial charge >= 0.3 is 11.9 Å². The van der Waals surface area contributed by atoms with Gasteiger partial charge in [0.05, 0.1) is 27.7 Å². The van der Waals surface area contributed by atoms with Gasteiger partial charge in [-0.1, -0.05) is 178 Å². The Morgan fingerprint density at radius 3 is 1.45 bits per heavy atom. The molecule has 0 bridgehead atoms. The summed E-state index contributed by atoms with van der Waals surface area (Å²) in [5, 5.41) is 0. The molecule has 338 valence electrons. The fraction of sp³-hybridized carbons (Fsp3) is 0.792. The van der Waals surface area contributed by atoms with Crippen LogP contribution in [-0.4, -0.2) is 70.0 Å². The molecule has 0 aliphatic rings. The summed E-state index contributed by atoms with van der Waals surface area (Å²) < 4.78 is 33.9. The average Bonchev–Trinajstić information content (AvgIpc) is 3.17. The molecule has 10 heteroatoms. The van der Waals surface area contributed by atoms with Crippen molar-refractivity contribution in [2.45, 2.75) is 200 Å². The van der Waals surface area contributed by atoms with E-state index in [-0.39, 0.29) is 26.1 Å².